The van der Waals surface area contributed by atoms with Crippen molar-refractivity contribution in [3.63, 3.8) is 0 Å². The molecule has 3 aromatic carbocycles. The number of carbonyl (C=O) groups is 1. The Bertz CT molecular complexity index is 1370. The molecule has 2 N–H and O–H groups in total. The average molecular weight is 521 g/mol. The van der Waals surface area contributed by atoms with E-state index in [1.807, 2.05) is 57.2 Å². The van der Waals surface area contributed by atoms with Crippen LogP contribution in [0.4, 0.5) is 0 Å². The predicted molar refractivity (Wildman–Crippen MR) is 154 cm³/mol. The summed E-state index contributed by atoms with van der Waals surface area (Å²) < 4.78 is 5.93. The summed E-state index contributed by atoms with van der Waals surface area (Å²) in [7, 11) is 0. The molecule has 0 bridgehead atoms. The molecule has 200 valence electrons. The summed E-state index contributed by atoms with van der Waals surface area (Å²) in [5.74, 6) is -0.299. The van der Waals surface area contributed by atoms with Gasteiger partial charge in [0.25, 0.3) is 0 Å². The number of esters is 1. The molecule has 4 aromatic rings. The minimum absolute atomic E-state index is 0.299. The minimum atomic E-state index is -0.740. The quantitative estimate of drug-likeness (QED) is 0.245. The Morgan fingerprint density at radius 2 is 1.44 bits per heavy atom. The normalized spacial score (nSPS) is 15.2. The van der Waals surface area contributed by atoms with Gasteiger partial charge in [-0.15, -0.1) is 0 Å². The highest BCUT2D eigenvalue weighted by Crippen LogP contribution is 2.51. The average Bonchev–Trinajstić information content (AvgIpc) is 3.23. The maximum Gasteiger partial charge on any atom is 0.323 e. The number of nitrogens with zero attached hydrogens (tertiary/aromatic N) is 1. The molecular weight excluding hydrogens is 484 g/mol. The molecule has 0 saturated heterocycles. The van der Waals surface area contributed by atoms with Gasteiger partial charge in [-0.3, -0.25) is 15.1 Å². The van der Waals surface area contributed by atoms with Gasteiger partial charge in [-0.1, -0.05) is 84.9 Å². The predicted octanol–water partition coefficient (Wildman–Crippen LogP) is 6.56. The SMILES string of the molecule is CC(C)(C)OC(=O)[C@H](CCCC(O)c1ccccn1)NC1(c2ccccc2)c2ccccc2-c2ccccc21. The van der Waals surface area contributed by atoms with E-state index in [9.17, 15) is 9.90 Å². The molecule has 5 rings (SSSR count). The van der Waals surface area contributed by atoms with Crippen LogP contribution >= 0.6 is 0 Å². The molecule has 5 nitrogen and oxygen atoms in total. The summed E-state index contributed by atoms with van der Waals surface area (Å²) >= 11 is 0. The van der Waals surface area contributed by atoms with Gasteiger partial charge < -0.3 is 9.84 Å². The topological polar surface area (TPSA) is 71.5 Å². The van der Waals surface area contributed by atoms with E-state index in [1.54, 1.807) is 6.20 Å². The number of pyridine rings is 1. The van der Waals surface area contributed by atoms with Crippen molar-refractivity contribution >= 4 is 5.97 Å². The van der Waals surface area contributed by atoms with Crippen molar-refractivity contribution in [2.75, 3.05) is 0 Å². The van der Waals surface area contributed by atoms with Crippen molar-refractivity contribution < 1.29 is 14.6 Å². The molecular formula is C34H36N2O3. The third-order valence-electron chi connectivity index (χ3n) is 7.24. The minimum Gasteiger partial charge on any atom is -0.459 e. The smallest absolute Gasteiger partial charge is 0.323 e. The molecule has 1 heterocycles. The van der Waals surface area contributed by atoms with Gasteiger partial charge in [0.15, 0.2) is 0 Å². The molecule has 1 aliphatic rings. The summed E-state index contributed by atoms with van der Waals surface area (Å²) in [6.45, 7) is 5.67. The fraction of sp³-hybridized carbons (Fsp3) is 0.294. The van der Waals surface area contributed by atoms with E-state index in [2.05, 4.69) is 71.0 Å². The lowest BCUT2D eigenvalue weighted by Crippen LogP contribution is -2.53. The summed E-state index contributed by atoms with van der Waals surface area (Å²) in [6, 6.07) is 32.0. The molecule has 0 radical (unpaired) electrons. The van der Waals surface area contributed by atoms with E-state index in [1.165, 1.54) is 0 Å². The van der Waals surface area contributed by atoms with Crippen molar-refractivity contribution in [3.05, 3.63) is 126 Å². The molecule has 0 amide bonds. The molecule has 39 heavy (non-hydrogen) atoms. The van der Waals surface area contributed by atoms with E-state index in [-0.39, 0.29) is 5.97 Å². The van der Waals surface area contributed by atoms with E-state index in [0.29, 0.717) is 25.0 Å². The van der Waals surface area contributed by atoms with Crippen LogP contribution in [0.2, 0.25) is 0 Å². The second-order valence-electron chi connectivity index (χ2n) is 11.1. The lowest BCUT2D eigenvalue weighted by atomic mass is 9.79. The highest BCUT2D eigenvalue weighted by atomic mass is 16.6. The number of hydrogen-bond donors (Lipinski definition) is 2. The number of carbonyl (C=O) groups excluding carboxylic acids is 1. The summed E-state index contributed by atoms with van der Waals surface area (Å²) in [6.07, 6.45) is 2.59. The number of nitrogens with one attached hydrogen (secondary N) is 1. The molecule has 1 unspecified atom stereocenters. The van der Waals surface area contributed by atoms with Crippen molar-refractivity contribution in [1.29, 1.82) is 0 Å². The number of ether oxygens (including phenoxy) is 1. The number of aliphatic hydroxyl groups is 1. The van der Waals surface area contributed by atoms with Crippen LogP contribution in [0.25, 0.3) is 11.1 Å². The van der Waals surface area contributed by atoms with Crippen LogP contribution in [0.15, 0.2) is 103 Å². The number of aromatic nitrogens is 1. The first kappa shape index (κ1) is 26.8. The Morgan fingerprint density at radius 1 is 0.846 bits per heavy atom. The van der Waals surface area contributed by atoms with Crippen LogP contribution in [0.1, 0.15) is 68.5 Å². The second-order valence-corrected chi connectivity index (χ2v) is 11.1. The summed E-state index contributed by atoms with van der Waals surface area (Å²) in [5, 5.41) is 14.6. The lowest BCUT2D eigenvalue weighted by molar-refractivity contribution is -0.158. The molecule has 2 atom stereocenters. The second kappa shape index (κ2) is 11.1. The number of rotatable bonds is 9. The third kappa shape index (κ3) is 5.51. The molecule has 0 aliphatic heterocycles. The van der Waals surface area contributed by atoms with Crippen LogP contribution in [-0.2, 0) is 15.1 Å². The van der Waals surface area contributed by atoms with Crippen molar-refractivity contribution in [3.8, 4) is 11.1 Å². The van der Waals surface area contributed by atoms with E-state index in [0.717, 1.165) is 27.8 Å². The first-order chi connectivity index (χ1) is 18.8. The van der Waals surface area contributed by atoms with Gasteiger partial charge in [0.1, 0.15) is 11.6 Å². The first-order valence-corrected chi connectivity index (χ1v) is 13.6. The molecule has 1 aromatic heterocycles. The maximum atomic E-state index is 13.7. The first-order valence-electron chi connectivity index (χ1n) is 13.6. The highest BCUT2D eigenvalue weighted by molar-refractivity contribution is 5.84. The number of aliphatic hydroxyl groups excluding tert-OH is 1. The van der Waals surface area contributed by atoms with E-state index < -0.39 is 23.3 Å². The van der Waals surface area contributed by atoms with Gasteiger partial charge in [0, 0.05) is 6.20 Å². The Hall–Kier alpha value is -3.80. The Labute approximate surface area is 230 Å². The lowest BCUT2D eigenvalue weighted by Gasteiger charge is -2.38. The zero-order chi connectivity index (χ0) is 27.5. The van der Waals surface area contributed by atoms with Crippen molar-refractivity contribution in [2.24, 2.45) is 0 Å². The van der Waals surface area contributed by atoms with E-state index >= 15 is 0 Å². The Kier molecular flexibility index (Phi) is 7.65. The molecule has 5 heteroatoms. The Balaban J connectivity index is 1.54. The van der Waals surface area contributed by atoms with Gasteiger partial charge in [-0.05, 0) is 80.0 Å². The van der Waals surface area contributed by atoms with Crippen LogP contribution in [0, 0.1) is 0 Å². The zero-order valence-corrected chi connectivity index (χ0v) is 22.8. The molecule has 0 spiro atoms. The fourth-order valence-corrected chi connectivity index (χ4v) is 5.59. The van der Waals surface area contributed by atoms with Crippen LogP contribution in [0.5, 0.6) is 0 Å². The van der Waals surface area contributed by atoms with Gasteiger partial charge in [0.2, 0.25) is 0 Å². The number of fused-ring (bicyclic) bond motifs is 3. The third-order valence-corrected chi connectivity index (χ3v) is 7.24. The Morgan fingerprint density at radius 3 is 2.03 bits per heavy atom. The van der Waals surface area contributed by atoms with Gasteiger partial charge in [-0.2, -0.15) is 0 Å². The van der Waals surface area contributed by atoms with E-state index in [4.69, 9.17) is 4.74 Å². The largest absolute Gasteiger partial charge is 0.459 e. The molecule has 1 aliphatic carbocycles. The standard InChI is InChI=1S/C34H36N2O3/c1-33(2,3)39-32(38)30(21-13-22-31(37)29-20-11-12-23-35-29)36-34(24-14-5-4-6-15-24)27-18-9-7-16-25(27)26-17-8-10-19-28(26)34/h4-12,14-20,23,30-31,36-37H,13,21-22H2,1-3H3/t30-,31?/m0/s1. The fourth-order valence-electron chi connectivity index (χ4n) is 5.59. The summed E-state index contributed by atoms with van der Waals surface area (Å²) in [5.41, 5.74) is 4.85. The monoisotopic (exact) mass is 520 g/mol. The van der Waals surface area contributed by atoms with Gasteiger partial charge in [-0.25, -0.2) is 0 Å². The number of benzene rings is 3. The highest BCUT2D eigenvalue weighted by Gasteiger charge is 2.47. The zero-order valence-electron chi connectivity index (χ0n) is 22.8. The van der Waals surface area contributed by atoms with Crippen molar-refractivity contribution in [1.82, 2.24) is 10.3 Å². The van der Waals surface area contributed by atoms with Crippen LogP contribution < -0.4 is 5.32 Å². The van der Waals surface area contributed by atoms with Gasteiger partial charge in [0.05, 0.1) is 17.3 Å². The number of hydrogen-bond acceptors (Lipinski definition) is 5. The van der Waals surface area contributed by atoms with Gasteiger partial charge >= 0.3 is 5.97 Å². The molecule has 0 saturated carbocycles. The molecule has 0 fully saturated rings. The van der Waals surface area contributed by atoms with Crippen LogP contribution in [0.3, 0.4) is 0 Å². The van der Waals surface area contributed by atoms with Crippen molar-refractivity contribution in [2.45, 2.75) is 63.3 Å². The summed E-state index contributed by atoms with van der Waals surface area (Å²) in [4.78, 5) is 18.0. The van der Waals surface area contributed by atoms with Crippen LogP contribution in [-0.4, -0.2) is 27.7 Å². The maximum absolute atomic E-state index is 13.7.